The van der Waals surface area contributed by atoms with E-state index in [1.165, 1.54) is 0 Å². The molecule has 2 nitrogen and oxygen atoms in total. The Bertz CT molecular complexity index is 614. The number of ether oxygens (including phenoxy) is 1. The number of carbonyl (C=O) groups is 1. The van der Waals surface area contributed by atoms with Crippen LogP contribution in [-0.4, -0.2) is 11.9 Å². The first-order chi connectivity index (χ1) is 9.33. The fourth-order valence-electron chi connectivity index (χ4n) is 2.17. The SMILES string of the molecule is O=C(CC1C=Cc2ccccc2O1)c1ccccc1. The van der Waals surface area contributed by atoms with E-state index in [-0.39, 0.29) is 11.9 Å². The van der Waals surface area contributed by atoms with E-state index in [1.807, 2.05) is 66.7 Å². The topological polar surface area (TPSA) is 26.3 Å². The van der Waals surface area contributed by atoms with Crippen LogP contribution in [0.15, 0.2) is 60.7 Å². The first-order valence-corrected chi connectivity index (χ1v) is 6.35. The normalized spacial score (nSPS) is 16.5. The standard InChI is InChI=1S/C17H14O2/c18-16(13-6-2-1-3-7-13)12-15-11-10-14-8-4-5-9-17(14)19-15/h1-11,15H,12H2. The molecule has 94 valence electrons. The van der Waals surface area contributed by atoms with E-state index in [0.29, 0.717) is 6.42 Å². The van der Waals surface area contributed by atoms with Crippen LogP contribution in [0.3, 0.4) is 0 Å². The molecule has 0 spiro atoms. The molecule has 1 aliphatic rings. The van der Waals surface area contributed by atoms with Crippen LogP contribution in [-0.2, 0) is 0 Å². The van der Waals surface area contributed by atoms with E-state index < -0.39 is 0 Å². The Labute approximate surface area is 112 Å². The highest BCUT2D eigenvalue weighted by Crippen LogP contribution is 2.26. The molecule has 1 heterocycles. The smallest absolute Gasteiger partial charge is 0.166 e. The molecule has 1 unspecified atom stereocenters. The van der Waals surface area contributed by atoms with E-state index in [1.54, 1.807) is 0 Å². The highest BCUT2D eigenvalue weighted by molar-refractivity contribution is 5.96. The van der Waals surface area contributed by atoms with Crippen molar-refractivity contribution < 1.29 is 9.53 Å². The lowest BCUT2D eigenvalue weighted by molar-refractivity contribution is 0.0935. The van der Waals surface area contributed by atoms with Crippen molar-refractivity contribution in [2.75, 3.05) is 0 Å². The maximum absolute atomic E-state index is 12.1. The van der Waals surface area contributed by atoms with Gasteiger partial charge in [0.15, 0.2) is 5.78 Å². The third-order valence-corrected chi connectivity index (χ3v) is 3.17. The minimum absolute atomic E-state index is 0.106. The van der Waals surface area contributed by atoms with Gasteiger partial charge in [-0.1, -0.05) is 54.6 Å². The first-order valence-electron chi connectivity index (χ1n) is 6.35. The molecule has 0 saturated heterocycles. The summed E-state index contributed by atoms with van der Waals surface area (Å²) in [5, 5.41) is 0. The number of para-hydroxylation sites is 1. The van der Waals surface area contributed by atoms with Crippen LogP contribution in [0.25, 0.3) is 6.08 Å². The van der Waals surface area contributed by atoms with Gasteiger partial charge in [0.25, 0.3) is 0 Å². The highest BCUT2D eigenvalue weighted by atomic mass is 16.5. The van der Waals surface area contributed by atoms with Crippen molar-refractivity contribution in [3.8, 4) is 5.75 Å². The Morgan fingerprint density at radius 2 is 1.74 bits per heavy atom. The molecule has 1 aliphatic heterocycles. The van der Waals surface area contributed by atoms with E-state index in [4.69, 9.17) is 4.74 Å². The molecule has 0 bridgehead atoms. The van der Waals surface area contributed by atoms with Gasteiger partial charge in [0.1, 0.15) is 11.9 Å². The average Bonchev–Trinajstić information content (AvgIpc) is 2.48. The molecule has 0 N–H and O–H groups in total. The van der Waals surface area contributed by atoms with Gasteiger partial charge in [-0.15, -0.1) is 0 Å². The summed E-state index contributed by atoms with van der Waals surface area (Å²) in [6.45, 7) is 0. The average molecular weight is 250 g/mol. The molecular formula is C17H14O2. The van der Waals surface area contributed by atoms with Crippen molar-refractivity contribution >= 4 is 11.9 Å². The van der Waals surface area contributed by atoms with Gasteiger partial charge in [0.2, 0.25) is 0 Å². The van der Waals surface area contributed by atoms with Crippen LogP contribution in [0.4, 0.5) is 0 Å². The second kappa shape index (κ2) is 5.11. The largest absolute Gasteiger partial charge is 0.485 e. The summed E-state index contributed by atoms with van der Waals surface area (Å²) in [6.07, 6.45) is 4.15. The molecular weight excluding hydrogens is 236 g/mol. The summed E-state index contributed by atoms with van der Waals surface area (Å²) >= 11 is 0. The van der Waals surface area contributed by atoms with E-state index in [2.05, 4.69) is 0 Å². The zero-order chi connectivity index (χ0) is 13.1. The number of Topliss-reactive ketones (excluding diaryl/α,β-unsaturated/α-hetero) is 1. The Morgan fingerprint density at radius 3 is 2.58 bits per heavy atom. The monoisotopic (exact) mass is 250 g/mol. The van der Waals surface area contributed by atoms with Gasteiger partial charge in [-0.2, -0.15) is 0 Å². The van der Waals surface area contributed by atoms with E-state index in [0.717, 1.165) is 16.9 Å². The summed E-state index contributed by atoms with van der Waals surface area (Å²) in [5.41, 5.74) is 1.80. The van der Waals surface area contributed by atoms with E-state index >= 15 is 0 Å². The van der Waals surface area contributed by atoms with Crippen molar-refractivity contribution in [1.82, 2.24) is 0 Å². The van der Waals surface area contributed by atoms with Crippen LogP contribution in [0.1, 0.15) is 22.3 Å². The van der Waals surface area contributed by atoms with Gasteiger partial charge in [0, 0.05) is 11.1 Å². The molecule has 2 aromatic rings. The van der Waals surface area contributed by atoms with Gasteiger partial charge in [-0.3, -0.25) is 4.79 Å². The Morgan fingerprint density at radius 1 is 1.00 bits per heavy atom. The van der Waals surface area contributed by atoms with Gasteiger partial charge in [-0.05, 0) is 12.1 Å². The number of carbonyl (C=O) groups excluding carboxylic acids is 1. The number of rotatable bonds is 3. The van der Waals surface area contributed by atoms with Crippen molar-refractivity contribution in [1.29, 1.82) is 0 Å². The van der Waals surface area contributed by atoms with Crippen molar-refractivity contribution in [3.05, 3.63) is 71.8 Å². The lowest BCUT2D eigenvalue weighted by Crippen LogP contribution is -2.21. The summed E-state index contributed by atoms with van der Waals surface area (Å²) in [6, 6.07) is 17.2. The Kier molecular flexibility index (Phi) is 3.15. The number of fused-ring (bicyclic) bond motifs is 1. The van der Waals surface area contributed by atoms with Crippen LogP contribution in [0.2, 0.25) is 0 Å². The highest BCUT2D eigenvalue weighted by Gasteiger charge is 2.18. The predicted molar refractivity (Wildman–Crippen MR) is 75.3 cm³/mol. The van der Waals surface area contributed by atoms with Crippen molar-refractivity contribution in [2.45, 2.75) is 12.5 Å². The number of hydrogen-bond acceptors (Lipinski definition) is 2. The van der Waals surface area contributed by atoms with Crippen LogP contribution in [0.5, 0.6) is 5.75 Å². The molecule has 0 aromatic heterocycles. The molecule has 2 aromatic carbocycles. The van der Waals surface area contributed by atoms with Gasteiger partial charge in [0.05, 0.1) is 6.42 Å². The van der Waals surface area contributed by atoms with E-state index in [9.17, 15) is 4.79 Å². The van der Waals surface area contributed by atoms with Gasteiger partial charge < -0.3 is 4.74 Å². The minimum Gasteiger partial charge on any atom is -0.485 e. The fraction of sp³-hybridized carbons (Fsp3) is 0.118. The van der Waals surface area contributed by atoms with Crippen molar-refractivity contribution in [2.24, 2.45) is 0 Å². The van der Waals surface area contributed by atoms with Crippen molar-refractivity contribution in [3.63, 3.8) is 0 Å². The second-order valence-corrected chi connectivity index (χ2v) is 4.55. The summed E-state index contributed by atoms with van der Waals surface area (Å²) in [5.74, 6) is 0.950. The minimum atomic E-state index is -0.178. The van der Waals surface area contributed by atoms with Crippen LogP contribution in [0, 0.1) is 0 Å². The quantitative estimate of drug-likeness (QED) is 0.776. The lowest BCUT2D eigenvalue weighted by atomic mass is 10.0. The Hall–Kier alpha value is -2.35. The summed E-state index contributed by atoms with van der Waals surface area (Å²) < 4.78 is 5.82. The maximum atomic E-state index is 12.1. The maximum Gasteiger partial charge on any atom is 0.166 e. The van der Waals surface area contributed by atoms with Gasteiger partial charge in [-0.25, -0.2) is 0 Å². The number of ketones is 1. The number of hydrogen-bond donors (Lipinski definition) is 0. The molecule has 0 saturated carbocycles. The molecule has 3 rings (SSSR count). The second-order valence-electron chi connectivity index (χ2n) is 4.55. The third kappa shape index (κ3) is 2.58. The molecule has 0 aliphatic carbocycles. The molecule has 0 fully saturated rings. The molecule has 19 heavy (non-hydrogen) atoms. The first kappa shape index (κ1) is 11.7. The molecule has 0 radical (unpaired) electrons. The zero-order valence-corrected chi connectivity index (χ0v) is 10.5. The number of benzene rings is 2. The Balaban J connectivity index is 1.72. The fourth-order valence-corrected chi connectivity index (χ4v) is 2.17. The van der Waals surface area contributed by atoms with Crippen LogP contribution < -0.4 is 4.74 Å². The predicted octanol–water partition coefficient (Wildman–Crippen LogP) is 3.73. The summed E-state index contributed by atoms with van der Waals surface area (Å²) in [4.78, 5) is 12.1. The zero-order valence-electron chi connectivity index (χ0n) is 10.5. The molecule has 1 atom stereocenters. The molecule has 0 amide bonds. The summed E-state index contributed by atoms with van der Waals surface area (Å²) in [7, 11) is 0. The third-order valence-electron chi connectivity index (χ3n) is 3.17. The van der Waals surface area contributed by atoms with Crippen LogP contribution >= 0.6 is 0 Å². The molecule has 2 heteroatoms. The lowest BCUT2D eigenvalue weighted by Gasteiger charge is -2.20. The van der Waals surface area contributed by atoms with Gasteiger partial charge >= 0.3 is 0 Å².